The summed E-state index contributed by atoms with van der Waals surface area (Å²) in [5.74, 6) is 0. The zero-order valence-corrected chi connectivity index (χ0v) is 12.9. The van der Waals surface area contributed by atoms with E-state index in [0.29, 0.717) is 12.0 Å². The lowest BCUT2D eigenvalue weighted by molar-refractivity contribution is 0.112. The summed E-state index contributed by atoms with van der Waals surface area (Å²) in [7, 11) is 0. The van der Waals surface area contributed by atoms with Crippen LogP contribution < -0.4 is 0 Å². The highest BCUT2D eigenvalue weighted by molar-refractivity contribution is 5.76. The van der Waals surface area contributed by atoms with E-state index in [2.05, 4.69) is 5.10 Å². The number of carbonyl (C=O) groups excluding carboxylic acids is 1. The third-order valence-corrected chi connectivity index (χ3v) is 3.86. The normalized spacial score (nSPS) is 12.1. The molecule has 0 bridgehead atoms. The van der Waals surface area contributed by atoms with Crippen LogP contribution in [-0.2, 0) is 0 Å². The van der Waals surface area contributed by atoms with Gasteiger partial charge in [0.25, 0.3) is 0 Å². The number of aliphatic hydroxyl groups excluding tert-OH is 1. The Morgan fingerprint density at radius 1 is 1.09 bits per heavy atom. The number of rotatable bonds is 5. The molecule has 4 heteroatoms. The maximum absolute atomic E-state index is 10.7. The van der Waals surface area contributed by atoms with Crippen LogP contribution >= 0.6 is 0 Å². The van der Waals surface area contributed by atoms with Crippen molar-refractivity contribution in [1.82, 2.24) is 9.78 Å². The third-order valence-electron chi connectivity index (χ3n) is 3.86. The summed E-state index contributed by atoms with van der Waals surface area (Å²) in [4.78, 5) is 10.7. The Bertz CT molecular complexity index is 789. The summed E-state index contributed by atoms with van der Waals surface area (Å²) in [5, 5.41) is 14.4. The Hall–Kier alpha value is -2.72. The molecule has 0 radical (unpaired) electrons. The van der Waals surface area contributed by atoms with Crippen LogP contribution in [0.2, 0.25) is 0 Å². The number of hydrogen-bond donors (Lipinski definition) is 1. The molecule has 3 rings (SSSR count). The molecule has 4 nitrogen and oxygen atoms in total. The molecule has 0 saturated heterocycles. The smallest absolute Gasteiger partial charge is 0.150 e. The van der Waals surface area contributed by atoms with E-state index in [1.807, 2.05) is 55.6 Å². The summed E-state index contributed by atoms with van der Waals surface area (Å²) >= 11 is 0. The van der Waals surface area contributed by atoms with Gasteiger partial charge >= 0.3 is 0 Å². The predicted molar refractivity (Wildman–Crippen MR) is 89.6 cm³/mol. The molecule has 0 fully saturated rings. The molecular weight excluding hydrogens is 288 g/mol. The van der Waals surface area contributed by atoms with Gasteiger partial charge in [0.2, 0.25) is 0 Å². The fourth-order valence-electron chi connectivity index (χ4n) is 2.44. The van der Waals surface area contributed by atoms with Crippen molar-refractivity contribution in [3.63, 3.8) is 0 Å². The number of aliphatic hydroxyl groups is 1. The van der Waals surface area contributed by atoms with Gasteiger partial charge in [-0.3, -0.25) is 4.79 Å². The third kappa shape index (κ3) is 3.22. The summed E-state index contributed by atoms with van der Waals surface area (Å²) in [5.41, 5.74) is 4.31. The van der Waals surface area contributed by atoms with Gasteiger partial charge < -0.3 is 5.11 Å². The van der Waals surface area contributed by atoms with Crippen LogP contribution in [0.1, 0.15) is 35.4 Å². The number of aromatic nitrogens is 2. The quantitative estimate of drug-likeness (QED) is 0.730. The topological polar surface area (TPSA) is 55.1 Å². The van der Waals surface area contributed by atoms with E-state index < -0.39 is 6.10 Å². The second-order valence-corrected chi connectivity index (χ2v) is 5.40. The predicted octanol–water partition coefficient (Wildman–Crippen LogP) is 3.80. The van der Waals surface area contributed by atoms with Crippen LogP contribution in [0.25, 0.3) is 16.9 Å². The number of hydrogen-bond acceptors (Lipinski definition) is 3. The maximum atomic E-state index is 10.7. The number of aldehydes is 1. The minimum atomic E-state index is -0.423. The number of benzene rings is 2. The van der Waals surface area contributed by atoms with E-state index in [1.54, 1.807) is 16.8 Å². The largest absolute Gasteiger partial charge is 0.388 e. The molecule has 0 amide bonds. The van der Waals surface area contributed by atoms with Crippen molar-refractivity contribution < 1.29 is 9.90 Å². The van der Waals surface area contributed by atoms with Crippen LogP contribution in [0.15, 0.2) is 60.8 Å². The molecule has 23 heavy (non-hydrogen) atoms. The van der Waals surface area contributed by atoms with Gasteiger partial charge in [-0.15, -0.1) is 0 Å². The van der Waals surface area contributed by atoms with Gasteiger partial charge in [-0.05, 0) is 30.2 Å². The number of nitrogens with zero attached hydrogens (tertiary/aromatic N) is 2. The molecule has 1 heterocycles. The van der Waals surface area contributed by atoms with Crippen molar-refractivity contribution in [2.45, 2.75) is 19.4 Å². The molecule has 0 aliphatic heterocycles. The summed E-state index contributed by atoms with van der Waals surface area (Å²) in [6.07, 6.45) is 3.00. The van der Waals surface area contributed by atoms with E-state index in [9.17, 15) is 9.90 Å². The molecule has 1 unspecified atom stereocenters. The van der Waals surface area contributed by atoms with E-state index >= 15 is 0 Å². The fourth-order valence-corrected chi connectivity index (χ4v) is 2.44. The van der Waals surface area contributed by atoms with Gasteiger partial charge in [0.1, 0.15) is 6.29 Å². The zero-order chi connectivity index (χ0) is 16.2. The summed E-state index contributed by atoms with van der Waals surface area (Å²) < 4.78 is 1.80. The van der Waals surface area contributed by atoms with E-state index in [1.165, 1.54) is 0 Å². The van der Waals surface area contributed by atoms with Crippen LogP contribution in [0.4, 0.5) is 0 Å². The van der Waals surface area contributed by atoms with Crippen molar-refractivity contribution in [2.75, 3.05) is 0 Å². The first kappa shape index (κ1) is 15.2. The molecule has 0 spiro atoms. The summed E-state index contributed by atoms with van der Waals surface area (Å²) in [6.45, 7) is 1.95. The van der Waals surface area contributed by atoms with Gasteiger partial charge in [0.15, 0.2) is 0 Å². The lowest BCUT2D eigenvalue weighted by Gasteiger charge is -2.09. The summed E-state index contributed by atoms with van der Waals surface area (Å²) in [6, 6.07) is 17.0. The Labute approximate surface area is 135 Å². The van der Waals surface area contributed by atoms with Crippen LogP contribution in [0.3, 0.4) is 0 Å². The van der Waals surface area contributed by atoms with Crippen molar-refractivity contribution in [2.24, 2.45) is 0 Å². The lowest BCUT2D eigenvalue weighted by atomic mass is 10.1. The Balaban J connectivity index is 1.84. The van der Waals surface area contributed by atoms with Crippen LogP contribution in [0.5, 0.6) is 0 Å². The van der Waals surface area contributed by atoms with Gasteiger partial charge in [0.05, 0.1) is 17.5 Å². The average molecular weight is 306 g/mol. The first-order valence-electron chi connectivity index (χ1n) is 7.61. The molecule has 1 N–H and O–H groups in total. The maximum Gasteiger partial charge on any atom is 0.150 e. The highest BCUT2D eigenvalue weighted by atomic mass is 16.3. The molecule has 0 aliphatic carbocycles. The molecular formula is C19H18N2O2. The van der Waals surface area contributed by atoms with E-state index in [0.717, 1.165) is 28.8 Å². The number of carbonyl (C=O) groups is 1. The van der Waals surface area contributed by atoms with Crippen molar-refractivity contribution in [3.05, 3.63) is 71.9 Å². The zero-order valence-electron chi connectivity index (χ0n) is 12.9. The molecule has 2 aromatic carbocycles. The molecule has 0 saturated carbocycles. The SMILES string of the molecule is CCC(O)c1ccc(-n2ccc(-c3ccc(C=O)cc3)n2)cc1. The second kappa shape index (κ2) is 6.58. The van der Waals surface area contributed by atoms with Gasteiger partial charge in [-0.1, -0.05) is 43.3 Å². The molecule has 3 aromatic rings. The second-order valence-electron chi connectivity index (χ2n) is 5.40. The first-order valence-corrected chi connectivity index (χ1v) is 7.61. The highest BCUT2D eigenvalue weighted by Crippen LogP contribution is 2.21. The van der Waals surface area contributed by atoms with E-state index in [4.69, 9.17) is 0 Å². The Kier molecular flexibility index (Phi) is 4.35. The highest BCUT2D eigenvalue weighted by Gasteiger charge is 2.07. The van der Waals surface area contributed by atoms with Gasteiger partial charge in [0, 0.05) is 17.3 Å². The standard InChI is InChI=1S/C19H18N2O2/c1-2-19(23)16-7-9-17(10-8-16)21-12-11-18(20-21)15-5-3-14(13-22)4-6-15/h3-13,19,23H,2H2,1H3. The van der Waals surface area contributed by atoms with Crippen molar-refractivity contribution >= 4 is 6.29 Å². The molecule has 1 aromatic heterocycles. The lowest BCUT2D eigenvalue weighted by Crippen LogP contribution is -1.98. The van der Waals surface area contributed by atoms with Crippen molar-refractivity contribution in [3.8, 4) is 16.9 Å². The monoisotopic (exact) mass is 306 g/mol. The fraction of sp³-hybridized carbons (Fsp3) is 0.158. The molecule has 0 aliphatic rings. The Morgan fingerprint density at radius 3 is 2.39 bits per heavy atom. The van der Waals surface area contributed by atoms with E-state index in [-0.39, 0.29) is 0 Å². The Morgan fingerprint density at radius 2 is 1.78 bits per heavy atom. The van der Waals surface area contributed by atoms with Gasteiger partial charge in [-0.25, -0.2) is 4.68 Å². The minimum absolute atomic E-state index is 0.423. The average Bonchev–Trinajstić information content (AvgIpc) is 3.11. The minimum Gasteiger partial charge on any atom is -0.388 e. The molecule has 116 valence electrons. The van der Waals surface area contributed by atoms with Crippen LogP contribution in [-0.4, -0.2) is 21.2 Å². The van der Waals surface area contributed by atoms with Crippen molar-refractivity contribution in [1.29, 1.82) is 0 Å². The molecule has 1 atom stereocenters. The first-order chi connectivity index (χ1) is 11.2. The van der Waals surface area contributed by atoms with Gasteiger partial charge in [-0.2, -0.15) is 5.10 Å². The van der Waals surface area contributed by atoms with Crippen LogP contribution in [0, 0.1) is 0 Å².